The smallest absolute Gasteiger partial charge is 0.228 e. The molecule has 1 atom stereocenters. The molecule has 176 valence electrons. The zero-order valence-electron chi connectivity index (χ0n) is 19.7. The van der Waals surface area contributed by atoms with E-state index in [4.69, 9.17) is 4.74 Å². The summed E-state index contributed by atoms with van der Waals surface area (Å²) in [4.78, 5) is 14.0. The van der Waals surface area contributed by atoms with Gasteiger partial charge in [-0.15, -0.1) is 0 Å². The van der Waals surface area contributed by atoms with Crippen LogP contribution in [-0.2, 0) is 16.9 Å². The topological polar surface area (TPSA) is 62.4 Å². The standard InChI is InChI=1S/C29H33N3O2/c1-34-27-18-10-7-15-23(27)29(31-25-16-8-9-17-26(25)32-29)24(20-19-21-11-3-2-4-12-21)28(33)30-22-13-5-6-14-22/h2-4,7-12,15-18,22,24,31-32H,5-6,13-14,19-20H2,1H3,(H,30,33). The number of hydrogen-bond acceptors (Lipinski definition) is 4. The molecule has 1 aliphatic carbocycles. The lowest BCUT2D eigenvalue weighted by molar-refractivity contribution is -0.127. The molecule has 1 unspecified atom stereocenters. The Balaban J connectivity index is 1.56. The van der Waals surface area contributed by atoms with Crippen LogP contribution in [-0.4, -0.2) is 19.1 Å². The Morgan fingerprint density at radius 1 is 0.941 bits per heavy atom. The highest BCUT2D eigenvalue weighted by Gasteiger charge is 2.49. The van der Waals surface area contributed by atoms with E-state index in [2.05, 4.69) is 58.4 Å². The average molecular weight is 456 g/mol. The zero-order chi connectivity index (χ0) is 23.4. The van der Waals surface area contributed by atoms with Crippen LogP contribution in [0.5, 0.6) is 5.75 Å². The second-order valence-corrected chi connectivity index (χ2v) is 9.37. The summed E-state index contributed by atoms with van der Waals surface area (Å²) in [5.41, 5.74) is 3.33. The summed E-state index contributed by atoms with van der Waals surface area (Å²) >= 11 is 0. The minimum Gasteiger partial charge on any atom is -0.496 e. The van der Waals surface area contributed by atoms with Crippen molar-refractivity contribution in [1.82, 2.24) is 5.32 Å². The van der Waals surface area contributed by atoms with Gasteiger partial charge in [-0.2, -0.15) is 0 Å². The number of hydrogen-bond donors (Lipinski definition) is 3. The van der Waals surface area contributed by atoms with E-state index >= 15 is 0 Å². The molecule has 0 bridgehead atoms. The number of fused-ring (bicyclic) bond motifs is 1. The Morgan fingerprint density at radius 3 is 2.24 bits per heavy atom. The summed E-state index contributed by atoms with van der Waals surface area (Å²) in [6.45, 7) is 0. The predicted molar refractivity (Wildman–Crippen MR) is 137 cm³/mol. The van der Waals surface area contributed by atoms with Crippen LogP contribution in [0.3, 0.4) is 0 Å². The van der Waals surface area contributed by atoms with E-state index in [1.165, 1.54) is 18.4 Å². The Kier molecular flexibility index (Phi) is 6.43. The first-order valence-electron chi connectivity index (χ1n) is 12.3. The van der Waals surface area contributed by atoms with Gasteiger partial charge in [-0.25, -0.2) is 0 Å². The highest BCUT2D eigenvalue weighted by Crippen LogP contribution is 2.47. The van der Waals surface area contributed by atoms with E-state index in [1.807, 2.05) is 36.4 Å². The maximum atomic E-state index is 14.0. The number of carbonyl (C=O) groups excluding carboxylic acids is 1. The maximum Gasteiger partial charge on any atom is 0.228 e. The Morgan fingerprint density at radius 2 is 1.56 bits per heavy atom. The molecule has 2 aliphatic rings. The van der Waals surface area contributed by atoms with Gasteiger partial charge >= 0.3 is 0 Å². The summed E-state index contributed by atoms with van der Waals surface area (Å²) in [7, 11) is 1.69. The van der Waals surface area contributed by atoms with Crippen molar-refractivity contribution in [3.05, 3.63) is 90.0 Å². The molecule has 1 saturated carbocycles. The van der Waals surface area contributed by atoms with Gasteiger partial charge in [0.2, 0.25) is 5.91 Å². The SMILES string of the molecule is COc1ccccc1C1(C(CCc2ccccc2)C(=O)NC2CCCC2)Nc2ccccc2N1. The number of benzene rings is 3. The third-order valence-corrected chi connectivity index (χ3v) is 7.23. The number of nitrogens with one attached hydrogen (secondary N) is 3. The molecule has 1 heterocycles. The van der Waals surface area contributed by atoms with Gasteiger partial charge in [-0.05, 0) is 49.4 Å². The van der Waals surface area contributed by atoms with E-state index in [0.29, 0.717) is 6.42 Å². The quantitative estimate of drug-likeness (QED) is 0.408. The summed E-state index contributed by atoms with van der Waals surface area (Å²) in [6, 6.07) is 26.8. The van der Waals surface area contributed by atoms with Gasteiger partial charge < -0.3 is 20.7 Å². The second-order valence-electron chi connectivity index (χ2n) is 9.37. The predicted octanol–water partition coefficient (Wildman–Crippen LogP) is 5.69. The van der Waals surface area contributed by atoms with Gasteiger partial charge in [-0.3, -0.25) is 4.79 Å². The molecule has 0 aromatic heterocycles. The Hall–Kier alpha value is -3.47. The number of para-hydroxylation sites is 3. The highest BCUT2D eigenvalue weighted by atomic mass is 16.5. The molecule has 34 heavy (non-hydrogen) atoms. The van der Waals surface area contributed by atoms with Crippen molar-refractivity contribution in [3.63, 3.8) is 0 Å². The molecule has 3 N–H and O–H groups in total. The monoisotopic (exact) mass is 455 g/mol. The first-order valence-corrected chi connectivity index (χ1v) is 12.3. The van der Waals surface area contributed by atoms with Crippen molar-refractivity contribution in [2.75, 3.05) is 17.7 Å². The van der Waals surface area contributed by atoms with Crippen LogP contribution in [0.4, 0.5) is 11.4 Å². The minimum absolute atomic E-state index is 0.0848. The molecule has 1 amide bonds. The first-order chi connectivity index (χ1) is 16.7. The van der Waals surface area contributed by atoms with Crippen LogP contribution >= 0.6 is 0 Å². The molecule has 5 rings (SSSR count). The first kappa shape index (κ1) is 22.3. The fourth-order valence-electron chi connectivity index (χ4n) is 5.50. The van der Waals surface area contributed by atoms with Crippen LogP contribution in [0.15, 0.2) is 78.9 Å². The highest BCUT2D eigenvalue weighted by molar-refractivity contribution is 5.86. The minimum atomic E-state index is -0.826. The fourth-order valence-corrected chi connectivity index (χ4v) is 5.50. The largest absolute Gasteiger partial charge is 0.496 e. The lowest BCUT2D eigenvalue weighted by Crippen LogP contribution is -2.54. The normalized spacial score (nSPS) is 17.3. The van der Waals surface area contributed by atoms with Crippen LogP contribution in [0.1, 0.15) is 43.2 Å². The van der Waals surface area contributed by atoms with Gasteiger partial charge in [0.05, 0.1) is 24.4 Å². The van der Waals surface area contributed by atoms with Crippen molar-refractivity contribution < 1.29 is 9.53 Å². The lowest BCUT2D eigenvalue weighted by Gasteiger charge is -2.39. The van der Waals surface area contributed by atoms with Crippen molar-refractivity contribution >= 4 is 17.3 Å². The van der Waals surface area contributed by atoms with Gasteiger partial charge in [0.15, 0.2) is 0 Å². The molecule has 1 fully saturated rings. The van der Waals surface area contributed by atoms with Crippen molar-refractivity contribution in [2.24, 2.45) is 5.92 Å². The maximum absolute atomic E-state index is 14.0. The number of rotatable bonds is 8. The molecular weight excluding hydrogens is 422 g/mol. The van der Waals surface area contributed by atoms with E-state index in [0.717, 1.165) is 42.0 Å². The fraction of sp³-hybridized carbons (Fsp3) is 0.345. The Bertz CT molecular complexity index is 1100. The van der Waals surface area contributed by atoms with E-state index < -0.39 is 5.66 Å². The van der Waals surface area contributed by atoms with Crippen LogP contribution in [0.2, 0.25) is 0 Å². The molecule has 0 spiro atoms. The third-order valence-electron chi connectivity index (χ3n) is 7.23. The molecule has 0 radical (unpaired) electrons. The van der Waals surface area contributed by atoms with Gasteiger partial charge in [0.25, 0.3) is 0 Å². The van der Waals surface area contributed by atoms with Crippen LogP contribution in [0, 0.1) is 5.92 Å². The number of carbonyl (C=O) groups is 1. The van der Waals surface area contributed by atoms with Crippen molar-refractivity contribution in [1.29, 1.82) is 0 Å². The second kappa shape index (κ2) is 9.80. The summed E-state index contributed by atoms with van der Waals surface area (Å²) in [5.74, 6) is 0.479. The summed E-state index contributed by atoms with van der Waals surface area (Å²) < 4.78 is 5.80. The van der Waals surface area contributed by atoms with E-state index in [9.17, 15) is 4.79 Å². The van der Waals surface area contributed by atoms with Gasteiger partial charge in [0.1, 0.15) is 11.4 Å². The molecule has 1 aliphatic heterocycles. The summed E-state index contributed by atoms with van der Waals surface area (Å²) in [6.07, 6.45) is 5.97. The number of anilines is 2. The molecule has 5 nitrogen and oxygen atoms in total. The lowest BCUT2D eigenvalue weighted by atomic mass is 9.80. The number of methoxy groups -OCH3 is 1. The van der Waals surface area contributed by atoms with E-state index in [1.54, 1.807) is 7.11 Å². The average Bonchev–Trinajstić information content (AvgIpc) is 3.53. The molecule has 3 aromatic rings. The van der Waals surface area contributed by atoms with Crippen molar-refractivity contribution in [3.8, 4) is 5.75 Å². The zero-order valence-corrected chi connectivity index (χ0v) is 19.7. The Labute approximate surface area is 201 Å². The molecule has 5 heteroatoms. The summed E-state index contributed by atoms with van der Waals surface area (Å²) in [5, 5.41) is 10.8. The van der Waals surface area contributed by atoms with Crippen LogP contribution < -0.4 is 20.7 Å². The third kappa shape index (κ3) is 4.35. The molecule has 0 saturated heterocycles. The molecule has 3 aromatic carbocycles. The van der Waals surface area contributed by atoms with Gasteiger partial charge in [0, 0.05) is 11.6 Å². The van der Waals surface area contributed by atoms with E-state index in [-0.39, 0.29) is 17.9 Å². The number of aryl methyl sites for hydroxylation is 1. The van der Waals surface area contributed by atoms with Crippen LogP contribution in [0.25, 0.3) is 0 Å². The molecular formula is C29H33N3O2. The number of amides is 1. The van der Waals surface area contributed by atoms with Crippen molar-refractivity contribution in [2.45, 2.75) is 50.2 Å². The number of ether oxygens (including phenoxy) is 1. The van der Waals surface area contributed by atoms with Gasteiger partial charge in [-0.1, -0.05) is 73.5 Å².